The van der Waals surface area contributed by atoms with Crippen LogP contribution in [0.15, 0.2) is 24.3 Å². The van der Waals surface area contributed by atoms with Crippen molar-refractivity contribution in [3.05, 3.63) is 35.6 Å². The van der Waals surface area contributed by atoms with Crippen molar-refractivity contribution in [1.29, 1.82) is 0 Å². The van der Waals surface area contributed by atoms with E-state index in [0.29, 0.717) is 25.6 Å². The summed E-state index contributed by atoms with van der Waals surface area (Å²) < 4.78 is 38.8. The minimum atomic E-state index is -3.07. The van der Waals surface area contributed by atoms with Crippen molar-refractivity contribution in [3.63, 3.8) is 0 Å². The van der Waals surface area contributed by atoms with Crippen LogP contribution in [0.1, 0.15) is 31.2 Å². The van der Waals surface area contributed by atoms with E-state index < -0.39 is 10.0 Å². The van der Waals surface area contributed by atoms with Gasteiger partial charge in [-0.2, -0.15) is 0 Å². The number of hydrogen-bond donors (Lipinski definition) is 1. The third-order valence-corrected chi connectivity index (χ3v) is 7.14. The maximum Gasteiger partial charge on any atom is 0.224 e. The summed E-state index contributed by atoms with van der Waals surface area (Å²) in [5.41, 5.74) is 0.777. The summed E-state index contributed by atoms with van der Waals surface area (Å²) in [5.74, 6) is -0.0884. The molecule has 0 spiro atoms. The Kier molecular flexibility index (Phi) is 5.20. The third-order valence-electron chi connectivity index (χ3n) is 4.74. The first-order valence-corrected chi connectivity index (χ1v) is 9.95. The topological polar surface area (TPSA) is 66.5 Å². The zero-order chi connectivity index (χ0) is 17.2. The van der Waals surface area contributed by atoms with Crippen LogP contribution < -0.4 is 5.32 Å². The molecule has 0 aromatic heterocycles. The molecule has 0 radical (unpaired) electrons. The molecule has 132 valence electrons. The van der Waals surface area contributed by atoms with Gasteiger partial charge in [-0.3, -0.25) is 4.79 Å². The van der Waals surface area contributed by atoms with Crippen molar-refractivity contribution < 1.29 is 17.6 Å². The van der Waals surface area contributed by atoms with Crippen LogP contribution >= 0.6 is 0 Å². The Hall–Kier alpha value is -1.47. The molecule has 5 nitrogen and oxygen atoms in total. The van der Waals surface area contributed by atoms with Crippen molar-refractivity contribution in [3.8, 4) is 0 Å². The number of piperidine rings is 1. The number of nitrogens with one attached hydrogen (secondary N) is 1. The van der Waals surface area contributed by atoms with Gasteiger partial charge in [-0.25, -0.2) is 17.1 Å². The molecule has 1 aromatic carbocycles. The Morgan fingerprint density at radius 2 is 1.75 bits per heavy atom. The van der Waals surface area contributed by atoms with Crippen LogP contribution in [0.2, 0.25) is 0 Å². The van der Waals surface area contributed by atoms with Crippen molar-refractivity contribution in [2.24, 2.45) is 5.92 Å². The molecular formula is C17H23FN2O3S. The number of carbonyl (C=O) groups is 1. The largest absolute Gasteiger partial charge is 0.356 e. The maximum absolute atomic E-state index is 12.8. The molecule has 0 bridgehead atoms. The fraction of sp³-hybridized carbons (Fsp3) is 0.588. The van der Waals surface area contributed by atoms with Gasteiger partial charge in [-0.1, -0.05) is 12.1 Å². The molecule has 7 heteroatoms. The van der Waals surface area contributed by atoms with E-state index in [0.717, 1.165) is 31.2 Å². The van der Waals surface area contributed by atoms with Crippen molar-refractivity contribution >= 4 is 15.9 Å². The normalized spacial score (nSPS) is 20.0. The summed E-state index contributed by atoms with van der Waals surface area (Å²) >= 11 is 0. The van der Waals surface area contributed by atoms with Gasteiger partial charge in [-0.05, 0) is 49.3 Å². The zero-order valence-corrected chi connectivity index (χ0v) is 14.4. The van der Waals surface area contributed by atoms with Gasteiger partial charge in [0, 0.05) is 19.6 Å². The van der Waals surface area contributed by atoms with Crippen molar-refractivity contribution in [2.45, 2.75) is 37.4 Å². The molecule has 2 fully saturated rings. The molecule has 1 amide bonds. The number of carbonyl (C=O) groups excluding carboxylic acids is 1. The molecule has 24 heavy (non-hydrogen) atoms. The highest BCUT2D eigenvalue weighted by Gasteiger charge is 2.41. The SMILES string of the molecule is O=C(Cc1ccc(F)cc1)NCC1CCN(S(=O)(=O)C2CC2)CC1. The molecule has 1 heterocycles. The van der Waals surface area contributed by atoms with E-state index in [1.54, 1.807) is 16.4 Å². The summed E-state index contributed by atoms with van der Waals surface area (Å²) in [6.45, 7) is 1.67. The minimum Gasteiger partial charge on any atom is -0.356 e. The summed E-state index contributed by atoms with van der Waals surface area (Å²) in [7, 11) is -3.07. The van der Waals surface area contributed by atoms with Crippen LogP contribution in [0.4, 0.5) is 4.39 Å². The molecule has 1 aliphatic heterocycles. The molecule has 1 aromatic rings. The van der Waals surface area contributed by atoms with Gasteiger partial charge in [-0.15, -0.1) is 0 Å². The van der Waals surface area contributed by atoms with E-state index >= 15 is 0 Å². The second kappa shape index (κ2) is 7.19. The van der Waals surface area contributed by atoms with Crippen LogP contribution in [0.3, 0.4) is 0 Å². The smallest absolute Gasteiger partial charge is 0.224 e. The van der Waals surface area contributed by atoms with Gasteiger partial charge >= 0.3 is 0 Å². The lowest BCUT2D eigenvalue weighted by Crippen LogP contribution is -2.42. The van der Waals surface area contributed by atoms with E-state index in [-0.39, 0.29) is 23.4 Å². The van der Waals surface area contributed by atoms with Gasteiger partial charge in [0.2, 0.25) is 15.9 Å². The van der Waals surface area contributed by atoms with Crippen LogP contribution in [-0.2, 0) is 21.2 Å². The van der Waals surface area contributed by atoms with Crippen LogP contribution in [0.5, 0.6) is 0 Å². The molecule has 1 saturated carbocycles. The maximum atomic E-state index is 12.8. The second-order valence-corrected chi connectivity index (χ2v) is 8.91. The fourth-order valence-corrected chi connectivity index (χ4v) is 4.93. The predicted molar refractivity (Wildman–Crippen MR) is 89.4 cm³/mol. The number of nitrogens with zero attached hydrogens (tertiary/aromatic N) is 1. The molecule has 0 unspecified atom stereocenters. The van der Waals surface area contributed by atoms with E-state index in [1.807, 2.05) is 0 Å². The molecule has 1 saturated heterocycles. The second-order valence-electron chi connectivity index (χ2n) is 6.69. The molecular weight excluding hydrogens is 331 g/mol. The summed E-state index contributed by atoms with van der Waals surface area (Å²) in [6, 6.07) is 5.91. The molecule has 0 atom stereocenters. The van der Waals surface area contributed by atoms with E-state index in [1.165, 1.54) is 12.1 Å². The zero-order valence-electron chi connectivity index (χ0n) is 13.6. The average Bonchev–Trinajstić information content (AvgIpc) is 3.41. The summed E-state index contributed by atoms with van der Waals surface area (Å²) in [5, 5.41) is 2.75. The number of halogens is 1. The third kappa shape index (κ3) is 4.33. The first kappa shape index (κ1) is 17.4. The van der Waals surface area contributed by atoms with E-state index in [4.69, 9.17) is 0 Å². The summed E-state index contributed by atoms with van der Waals surface area (Å²) in [6.07, 6.45) is 3.38. The molecule has 1 aliphatic carbocycles. The Bertz CT molecular complexity index is 678. The van der Waals surface area contributed by atoms with Crippen molar-refractivity contribution in [2.75, 3.05) is 19.6 Å². The van der Waals surface area contributed by atoms with Gasteiger partial charge in [0.1, 0.15) is 5.82 Å². The average molecular weight is 354 g/mol. The fourth-order valence-electron chi connectivity index (χ4n) is 3.05. The first-order valence-electron chi connectivity index (χ1n) is 8.45. The quantitative estimate of drug-likeness (QED) is 0.845. The predicted octanol–water partition coefficient (Wildman–Crippen LogP) is 1.69. The minimum absolute atomic E-state index is 0.0883. The molecule has 1 N–H and O–H groups in total. The molecule has 2 aliphatic rings. The van der Waals surface area contributed by atoms with E-state index in [2.05, 4.69) is 5.32 Å². The van der Waals surface area contributed by atoms with Gasteiger partial charge in [0.25, 0.3) is 0 Å². The summed E-state index contributed by atoms with van der Waals surface area (Å²) in [4.78, 5) is 12.0. The molecule has 3 rings (SSSR count). The standard InChI is InChI=1S/C17H23FN2O3S/c18-15-3-1-13(2-4-15)11-17(21)19-12-14-7-9-20(10-8-14)24(22,23)16-5-6-16/h1-4,14,16H,5-12H2,(H,19,21). The monoisotopic (exact) mass is 354 g/mol. The lowest BCUT2D eigenvalue weighted by molar-refractivity contribution is -0.120. The number of benzene rings is 1. The Morgan fingerprint density at radius 1 is 1.12 bits per heavy atom. The van der Waals surface area contributed by atoms with Crippen LogP contribution in [-0.4, -0.2) is 43.5 Å². The van der Waals surface area contributed by atoms with Crippen LogP contribution in [0, 0.1) is 11.7 Å². The van der Waals surface area contributed by atoms with E-state index in [9.17, 15) is 17.6 Å². The van der Waals surface area contributed by atoms with Gasteiger partial charge in [0.15, 0.2) is 0 Å². The highest BCUT2D eigenvalue weighted by Crippen LogP contribution is 2.33. The number of hydrogen-bond acceptors (Lipinski definition) is 3. The Morgan fingerprint density at radius 3 is 2.33 bits per heavy atom. The van der Waals surface area contributed by atoms with Crippen molar-refractivity contribution in [1.82, 2.24) is 9.62 Å². The Balaban J connectivity index is 1.40. The number of sulfonamides is 1. The highest BCUT2D eigenvalue weighted by atomic mass is 32.2. The number of amides is 1. The Labute approximate surface area is 142 Å². The first-order chi connectivity index (χ1) is 11.4. The lowest BCUT2D eigenvalue weighted by Gasteiger charge is -2.31. The van der Waals surface area contributed by atoms with Gasteiger partial charge in [0.05, 0.1) is 11.7 Å². The highest BCUT2D eigenvalue weighted by molar-refractivity contribution is 7.90. The van der Waals surface area contributed by atoms with Crippen LogP contribution in [0.25, 0.3) is 0 Å². The van der Waals surface area contributed by atoms with Gasteiger partial charge < -0.3 is 5.32 Å². The lowest BCUT2D eigenvalue weighted by atomic mass is 9.98. The number of rotatable bonds is 6.